The molecule has 0 aromatic carbocycles. The number of nitrogens with zero attached hydrogens (tertiary/aromatic N) is 1. The molecule has 100 valence electrons. The predicted molar refractivity (Wildman–Crippen MR) is 76.6 cm³/mol. The molecular weight excluding hydrogens is 220 g/mol. The van der Waals surface area contributed by atoms with Crippen molar-refractivity contribution in [1.29, 1.82) is 0 Å². The average Bonchev–Trinajstić information content (AvgIpc) is 2.68. The van der Waals surface area contributed by atoms with E-state index in [9.17, 15) is 0 Å². The zero-order chi connectivity index (χ0) is 12.6. The minimum absolute atomic E-state index is 0.609. The van der Waals surface area contributed by atoms with Gasteiger partial charge < -0.3 is 5.32 Å². The molecule has 0 bridgehead atoms. The Balaban J connectivity index is 1.84. The lowest BCUT2D eigenvalue weighted by molar-refractivity contribution is 0.361. The van der Waals surface area contributed by atoms with Gasteiger partial charge in [0.05, 0.1) is 0 Å². The molecule has 1 aliphatic rings. The second-order valence-electron chi connectivity index (χ2n) is 5.64. The maximum absolute atomic E-state index is 4.21. The Kier molecular flexibility index (Phi) is 5.66. The van der Waals surface area contributed by atoms with Gasteiger partial charge in [-0.25, -0.2) is 0 Å². The maximum atomic E-state index is 4.21. The van der Waals surface area contributed by atoms with Crippen molar-refractivity contribution in [1.82, 2.24) is 10.3 Å². The minimum Gasteiger partial charge on any atom is -0.317 e. The monoisotopic (exact) mass is 246 g/mol. The Hall–Kier alpha value is -0.890. The fraction of sp³-hybridized carbons (Fsp3) is 0.688. The zero-order valence-electron chi connectivity index (χ0n) is 11.6. The summed E-state index contributed by atoms with van der Waals surface area (Å²) < 4.78 is 0. The molecule has 0 spiro atoms. The van der Waals surface area contributed by atoms with Crippen LogP contribution in [0.3, 0.4) is 0 Å². The number of nitrogens with one attached hydrogen (secondary N) is 1. The summed E-state index contributed by atoms with van der Waals surface area (Å²) in [4.78, 5) is 4.21. The van der Waals surface area contributed by atoms with E-state index in [1.807, 2.05) is 18.5 Å². The van der Waals surface area contributed by atoms with Crippen molar-refractivity contribution in [3.05, 3.63) is 30.1 Å². The lowest BCUT2D eigenvalue weighted by Gasteiger charge is -2.22. The lowest BCUT2D eigenvalue weighted by Crippen LogP contribution is -2.30. The van der Waals surface area contributed by atoms with Crippen LogP contribution < -0.4 is 5.32 Å². The van der Waals surface area contributed by atoms with Crippen molar-refractivity contribution in [2.24, 2.45) is 5.92 Å². The maximum Gasteiger partial charge on any atom is 0.0300 e. The highest BCUT2D eigenvalue weighted by Crippen LogP contribution is 2.27. The first-order valence-electron chi connectivity index (χ1n) is 7.44. The molecule has 2 rings (SSSR count). The molecule has 1 fully saturated rings. The summed E-state index contributed by atoms with van der Waals surface area (Å²) >= 11 is 0. The Bertz CT molecular complexity index is 315. The molecule has 0 radical (unpaired) electrons. The molecule has 0 amide bonds. The lowest BCUT2D eigenvalue weighted by atomic mass is 9.90. The Morgan fingerprint density at radius 2 is 2.06 bits per heavy atom. The van der Waals surface area contributed by atoms with Gasteiger partial charge in [0.1, 0.15) is 0 Å². The van der Waals surface area contributed by atoms with Gasteiger partial charge >= 0.3 is 0 Å². The van der Waals surface area contributed by atoms with Crippen LogP contribution in [0.15, 0.2) is 24.5 Å². The van der Waals surface area contributed by atoms with Crippen molar-refractivity contribution < 1.29 is 0 Å². The molecule has 0 saturated heterocycles. The molecule has 2 nitrogen and oxygen atoms in total. The van der Waals surface area contributed by atoms with Gasteiger partial charge in [0.25, 0.3) is 0 Å². The molecule has 1 heterocycles. The second-order valence-corrected chi connectivity index (χ2v) is 5.64. The van der Waals surface area contributed by atoms with Gasteiger partial charge in [-0.2, -0.15) is 0 Å². The van der Waals surface area contributed by atoms with E-state index < -0.39 is 0 Å². The molecule has 1 aromatic heterocycles. The third-order valence-corrected chi connectivity index (χ3v) is 4.21. The van der Waals surface area contributed by atoms with Crippen LogP contribution in [0.2, 0.25) is 0 Å². The quantitative estimate of drug-likeness (QED) is 0.803. The van der Waals surface area contributed by atoms with Crippen LogP contribution in [-0.4, -0.2) is 18.1 Å². The summed E-state index contributed by atoms with van der Waals surface area (Å²) in [5.41, 5.74) is 1.35. The fourth-order valence-corrected chi connectivity index (χ4v) is 3.11. The topological polar surface area (TPSA) is 24.9 Å². The first-order valence-corrected chi connectivity index (χ1v) is 7.44. The van der Waals surface area contributed by atoms with E-state index in [0.29, 0.717) is 6.04 Å². The highest BCUT2D eigenvalue weighted by atomic mass is 14.9. The van der Waals surface area contributed by atoms with E-state index in [4.69, 9.17) is 0 Å². The van der Waals surface area contributed by atoms with Crippen molar-refractivity contribution >= 4 is 0 Å². The van der Waals surface area contributed by atoms with Crippen LogP contribution >= 0.6 is 0 Å². The number of pyridine rings is 1. The number of likely N-dealkylation sites (N-methyl/N-ethyl adjacent to an activating group) is 1. The highest BCUT2D eigenvalue weighted by molar-refractivity contribution is 5.10. The van der Waals surface area contributed by atoms with E-state index in [-0.39, 0.29) is 0 Å². The Morgan fingerprint density at radius 3 is 2.67 bits per heavy atom. The summed E-state index contributed by atoms with van der Waals surface area (Å²) in [6.07, 6.45) is 14.9. The van der Waals surface area contributed by atoms with Crippen LogP contribution in [0.4, 0.5) is 0 Å². The predicted octanol–water partition coefficient (Wildman–Crippen LogP) is 3.57. The molecule has 1 aromatic rings. The van der Waals surface area contributed by atoms with E-state index in [0.717, 1.165) is 12.3 Å². The van der Waals surface area contributed by atoms with Crippen molar-refractivity contribution in [3.8, 4) is 0 Å². The van der Waals surface area contributed by atoms with Crippen LogP contribution in [0.1, 0.15) is 50.5 Å². The number of hydrogen-bond donors (Lipinski definition) is 1. The molecule has 1 aliphatic carbocycles. The van der Waals surface area contributed by atoms with Gasteiger partial charge in [0.15, 0.2) is 0 Å². The molecular formula is C16H26N2. The van der Waals surface area contributed by atoms with Crippen LogP contribution in [0, 0.1) is 5.92 Å². The highest BCUT2D eigenvalue weighted by Gasteiger charge is 2.17. The molecule has 18 heavy (non-hydrogen) atoms. The molecule has 1 atom stereocenters. The van der Waals surface area contributed by atoms with E-state index in [1.54, 1.807) is 0 Å². The first-order chi connectivity index (χ1) is 8.88. The normalized spacial score (nSPS) is 19.4. The van der Waals surface area contributed by atoms with Gasteiger partial charge in [-0.15, -0.1) is 0 Å². The smallest absolute Gasteiger partial charge is 0.0300 e. The third kappa shape index (κ3) is 4.41. The standard InChI is InChI=1S/C16H26N2/c1-17-16(12-15-9-6-10-18-13-15)11-14-7-4-2-3-5-8-14/h6,9-10,13-14,16-17H,2-5,7-8,11-12H2,1H3. The van der Waals surface area contributed by atoms with E-state index in [2.05, 4.69) is 23.4 Å². The Morgan fingerprint density at radius 1 is 1.28 bits per heavy atom. The summed E-state index contributed by atoms with van der Waals surface area (Å²) in [7, 11) is 2.09. The van der Waals surface area contributed by atoms with Crippen molar-refractivity contribution in [2.75, 3.05) is 7.05 Å². The average molecular weight is 246 g/mol. The fourth-order valence-electron chi connectivity index (χ4n) is 3.11. The largest absolute Gasteiger partial charge is 0.317 e. The first kappa shape index (κ1) is 13.5. The summed E-state index contributed by atoms with van der Waals surface area (Å²) in [6, 6.07) is 4.83. The van der Waals surface area contributed by atoms with E-state index >= 15 is 0 Å². The summed E-state index contributed by atoms with van der Waals surface area (Å²) in [5, 5.41) is 3.49. The van der Waals surface area contributed by atoms with Crippen molar-refractivity contribution in [3.63, 3.8) is 0 Å². The Labute approximate surface area is 111 Å². The number of rotatable bonds is 5. The third-order valence-electron chi connectivity index (χ3n) is 4.21. The van der Waals surface area contributed by atoms with Crippen LogP contribution in [-0.2, 0) is 6.42 Å². The molecule has 2 heteroatoms. The van der Waals surface area contributed by atoms with Gasteiger partial charge in [-0.05, 0) is 37.4 Å². The van der Waals surface area contributed by atoms with Gasteiger partial charge in [0.2, 0.25) is 0 Å². The molecule has 1 saturated carbocycles. The van der Waals surface area contributed by atoms with Crippen LogP contribution in [0.5, 0.6) is 0 Å². The summed E-state index contributed by atoms with van der Waals surface area (Å²) in [5.74, 6) is 0.932. The number of aromatic nitrogens is 1. The minimum atomic E-state index is 0.609. The zero-order valence-corrected chi connectivity index (χ0v) is 11.6. The molecule has 1 unspecified atom stereocenters. The van der Waals surface area contributed by atoms with Gasteiger partial charge in [-0.3, -0.25) is 4.98 Å². The molecule has 0 aliphatic heterocycles. The van der Waals surface area contributed by atoms with Gasteiger partial charge in [-0.1, -0.05) is 44.6 Å². The second kappa shape index (κ2) is 7.52. The molecule has 1 N–H and O–H groups in total. The number of hydrogen-bond acceptors (Lipinski definition) is 2. The summed E-state index contributed by atoms with van der Waals surface area (Å²) in [6.45, 7) is 0. The van der Waals surface area contributed by atoms with Crippen LogP contribution in [0.25, 0.3) is 0 Å². The van der Waals surface area contributed by atoms with Gasteiger partial charge in [0, 0.05) is 18.4 Å². The van der Waals surface area contributed by atoms with E-state index in [1.165, 1.54) is 50.5 Å². The van der Waals surface area contributed by atoms with Crippen molar-refractivity contribution in [2.45, 2.75) is 57.4 Å². The SMILES string of the molecule is CNC(Cc1cccnc1)CC1CCCCCC1.